The smallest absolute Gasteiger partial charge is 0.0199 e. The molecule has 0 spiro atoms. The molecule has 0 N–H and O–H groups in total. The van der Waals surface area contributed by atoms with E-state index in [1.165, 1.54) is 47.9 Å². The maximum absolute atomic E-state index is 2.68. The standard InChI is InChI=1S/C37H48/c1-34(2,3)22-14-16-26-28(18-22)29-19-23(35(4,5)6)15-17-27(29)33(26)37(10)31-13-11-12-25(31)30-20-24(21-32(30)37)36(7,8)9/h14-19,21,25,31,33H,11-13,20H2,1-10H3. The van der Waals surface area contributed by atoms with Gasteiger partial charge in [-0.1, -0.05) is 129 Å². The van der Waals surface area contributed by atoms with Gasteiger partial charge < -0.3 is 0 Å². The van der Waals surface area contributed by atoms with Crippen LogP contribution in [0.5, 0.6) is 0 Å². The van der Waals surface area contributed by atoms with E-state index in [1.807, 2.05) is 5.57 Å². The Morgan fingerprint density at radius 3 is 1.73 bits per heavy atom. The minimum Gasteiger partial charge on any atom is -0.0605 e. The Morgan fingerprint density at radius 1 is 0.703 bits per heavy atom. The van der Waals surface area contributed by atoms with Gasteiger partial charge in [0.05, 0.1) is 0 Å². The highest BCUT2D eigenvalue weighted by Crippen LogP contribution is 2.70. The first-order valence-corrected chi connectivity index (χ1v) is 14.9. The molecule has 0 saturated heterocycles. The molecule has 196 valence electrons. The number of allylic oxidation sites excluding steroid dienone is 4. The summed E-state index contributed by atoms with van der Waals surface area (Å²) in [6, 6.07) is 15.0. The van der Waals surface area contributed by atoms with Crippen molar-refractivity contribution in [1.29, 1.82) is 0 Å². The summed E-state index contributed by atoms with van der Waals surface area (Å²) in [5, 5.41) is 0. The normalized spacial score (nSPS) is 27.4. The molecule has 1 saturated carbocycles. The van der Waals surface area contributed by atoms with Gasteiger partial charge in [-0.05, 0) is 86.3 Å². The number of benzene rings is 2. The average Bonchev–Trinajstić information content (AvgIpc) is 3.53. The van der Waals surface area contributed by atoms with Crippen LogP contribution in [-0.4, -0.2) is 0 Å². The van der Waals surface area contributed by atoms with Gasteiger partial charge in [0.25, 0.3) is 0 Å². The lowest BCUT2D eigenvalue weighted by Crippen LogP contribution is -2.33. The van der Waals surface area contributed by atoms with Gasteiger partial charge in [-0.25, -0.2) is 0 Å². The quantitative estimate of drug-likeness (QED) is 0.371. The Morgan fingerprint density at radius 2 is 1.24 bits per heavy atom. The molecule has 4 aliphatic carbocycles. The summed E-state index contributed by atoms with van der Waals surface area (Å²) in [7, 11) is 0. The summed E-state index contributed by atoms with van der Waals surface area (Å²) in [6.45, 7) is 24.0. The second-order valence-electron chi connectivity index (χ2n) is 16.0. The van der Waals surface area contributed by atoms with Crippen LogP contribution in [-0.2, 0) is 10.8 Å². The highest BCUT2D eigenvalue weighted by molar-refractivity contribution is 5.81. The van der Waals surface area contributed by atoms with Crippen molar-refractivity contribution in [3.63, 3.8) is 0 Å². The van der Waals surface area contributed by atoms with Gasteiger partial charge in [0.2, 0.25) is 0 Å². The molecule has 6 rings (SSSR count). The van der Waals surface area contributed by atoms with E-state index < -0.39 is 0 Å². The highest BCUT2D eigenvalue weighted by atomic mass is 14.6. The van der Waals surface area contributed by atoms with Gasteiger partial charge >= 0.3 is 0 Å². The van der Waals surface area contributed by atoms with Gasteiger partial charge in [-0.2, -0.15) is 0 Å². The van der Waals surface area contributed by atoms with Gasteiger partial charge in [0.15, 0.2) is 0 Å². The monoisotopic (exact) mass is 492 g/mol. The van der Waals surface area contributed by atoms with Crippen molar-refractivity contribution in [2.45, 2.75) is 112 Å². The minimum absolute atomic E-state index is 0.147. The van der Waals surface area contributed by atoms with Crippen LogP contribution in [0.4, 0.5) is 0 Å². The van der Waals surface area contributed by atoms with Crippen molar-refractivity contribution >= 4 is 0 Å². The van der Waals surface area contributed by atoms with Crippen LogP contribution in [0.25, 0.3) is 11.1 Å². The van der Waals surface area contributed by atoms with Crippen molar-refractivity contribution in [3.05, 3.63) is 81.4 Å². The number of rotatable bonds is 1. The van der Waals surface area contributed by atoms with E-state index in [4.69, 9.17) is 0 Å². The van der Waals surface area contributed by atoms with Crippen LogP contribution in [0.15, 0.2) is 59.2 Å². The molecule has 37 heavy (non-hydrogen) atoms. The van der Waals surface area contributed by atoms with E-state index >= 15 is 0 Å². The van der Waals surface area contributed by atoms with E-state index in [0.717, 1.165) is 11.8 Å². The molecule has 0 bridgehead atoms. The van der Waals surface area contributed by atoms with Crippen molar-refractivity contribution < 1.29 is 0 Å². The van der Waals surface area contributed by atoms with Crippen LogP contribution in [0, 0.1) is 22.7 Å². The third-order valence-corrected chi connectivity index (χ3v) is 10.7. The predicted octanol–water partition coefficient (Wildman–Crippen LogP) is 10.5. The fourth-order valence-corrected chi connectivity index (χ4v) is 8.43. The number of hydrogen-bond donors (Lipinski definition) is 0. The number of fused-ring (bicyclic) bond motifs is 5. The van der Waals surface area contributed by atoms with Gasteiger partial charge in [0.1, 0.15) is 0 Å². The molecule has 0 aromatic heterocycles. The summed E-state index contributed by atoms with van der Waals surface area (Å²) in [6.07, 6.45) is 8.06. The van der Waals surface area contributed by atoms with Gasteiger partial charge in [-0.3, -0.25) is 0 Å². The summed E-state index contributed by atoms with van der Waals surface area (Å²) in [4.78, 5) is 0. The van der Waals surface area contributed by atoms with Crippen LogP contribution >= 0.6 is 0 Å². The third-order valence-electron chi connectivity index (χ3n) is 10.7. The van der Waals surface area contributed by atoms with Crippen molar-refractivity contribution in [2.24, 2.45) is 22.7 Å². The Balaban J connectivity index is 1.59. The molecule has 3 atom stereocenters. The van der Waals surface area contributed by atoms with Crippen molar-refractivity contribution in [1.82, 2.24) is 0 Å². The zero-order valence-corrected chi connectivity index (χ0v) is 25.1. The first kappa shape index (κ1) is 25.2. The summed E-state index contributed by atoms with van der Waals surface area (Å²) < 4.78 is 0. The van der Waals surface area contributed by atoms with E-state index in [-0.39, 0.29) is 21.7 Å². The molecule has 2 aromatic carbocycles. The molecule has 0 radical (unpaired) electrons. The van der Waals surface area contributed by atoms with Crippen LogP contribution in [0.1, 0.15) is 123 Å². The lowest BCUT2D eigenvalue weighted by Gasteiger charge is -2.41. The molecule has 0 nitrogen and oxygen atoms in total. The minimum atomic E-state index is 0.147. The lowest BCUT2D eigenvalue weighted by atomic mass is 9.61. The second kappa shape index (κ2) is 7.74. The Hall–Kier alpha value is -2.08. The van der Waals surface area contributed by atoms with E-state index in [2.05, 4.69) is 112 Å². The topological polar surface area (TPSA) is 0 Å². The third kappa shape index (κ3) is 3.60. The van der Waals surface area contributed by atoms with Gasteiger partial charge in [-0.15, -0.1) is 0 Å². The average molecular weight is 493 g/mol. The van der Waals surface area contributed by atoms with Gasteiger partial charge in [0, 0.05) is 11.3 Å². The number of hydrogen-bond acceptors (Lipinski definition) is 0. The molecular weight excluding hydrogens is 444 g/mol. The largest absolute Gasteiger partial charge is 0.0605 e. The molecule has 0 heterocycles. The Bertz CT molecular complexity index is 1280. The second-order valence-corrected chi connectivity index (χ2v) is 16.0. The first-order chi connectivity index (χ1) is 17.1. The Labute approximate surface area is 226 Å². The maximum atomic E-state index is 2.68. The zero-order chi connectivity index (χ0) is 26.7. The fraction of sp³-hybridized carbons (Fsp3) is 0.568. The van der Waals surface area contributed by atoms with E-state index in [1.54, 1.807) is 22.3 Å². The summed E-state index contributed by atoms with van der Waals surface area (Å²) in [5.41, 5.74) is 14.9. The first-order valence-electron chi connectivity index (χ1n) is 14.9. The maximum Gasteiger partial charge on any atom is 0.0199 e. The molecule has 1 fully saturated rings. The molecule has 0 aliphatic heterocycles. The fourth-order valence-electron chi connectivity index (χ4n) is 8.43. The highest BCUT2D eigenvalue weighted by Gasteiger charge is 2.58. The zero-order valence-electron chi connectivity index (χ0n) is 25.1. The predicted molar refractivity (Wildman–Crippen MR) is 159 cm³/mol. The molecular formula is C37H48. The molecule has 2 aromatic rings. The summed E-state index contributed by atoms with van der Waals surface area (Å²) >= 11 is 0. The lowest BCUT2D eigenvalue weighted by molar-refractivity contribution is 0.210. The van der Waals surface area contributed by atoms with Crippen LogP contribution < -0.4 is 0 Å². The molecule has 0 heteroatoms. The van der Waals surface area contributed by atoms with Crippen molar-refractivity contribution in [2.75, 3.05) is 0 Å². The van der Waals surface area contributed by atoms with E-state index in [9.17, 15) is 0 Å². The molecule has 4 aliphatic rings. The van der Waals surface area contributed by atoms with Crippen LogP contribution in [0.2, 0.25) is 0 Å². The van der Waals surface area contributed by atoms with Crippen molar-refractivity contribution in [3.8, 4) is 11.1 Å². The Kier molecular flexibility index (Phi) is 5.27. The van der Waals surface area contributed by atoms with Crippen LogP contribution in [0.3, 0.4) is 0 Å². The summed E-state index contributed by atoms with van der Waals surface area (Å²) in [5.74, 6) is 1.99. The van der Waals surface area contributed by atoms with E-state index in [0.29, 0.717) is 5.92 Å². The molecule has 3 unspecified atom stereocenters. The SMILES string of the molecule is CC(C)(C)C1=CC2=C(C1)C1CCCC1C2(C)C1c2ccc(C(C)(C)C)cc2-c2cc(C(C)(C)C)ccc21. The molecule has 0 amide bonds.